The molecule has 0 amide bonds. The molecule has 0 aromatic heterocycles. The average molecular weight is 315 g/mol. The second-order valence-corrected chi connectivity index (χ2v) is 6.32. The number of aliphatic hydroxyl groups is 1. The van der Waals surface area contributed by atoms with E-state index in [-0.39, 0.29) is 18.4 Å². The summed E-state index contributed by atoms with van der Waals surface area (Å²) in [4.78, 5) is 12.7. The Balaban J connectivity index is 2.21. The fourth-order valence-electron chi connectivity index (χ4n) is 2.73. The number of benzene rings is 1. The van der Waals surface area contributed by atoms with E-state index in [0.29, 0.717) is 30.2 Å². The first kappa shape index (κ1) is 16.2. The lowest BCUT2D eigenvalue weighted by atomic mass is 10.0. The first-order chi connectivity index (χ1) is 9.80. The van der Waals surface area contributed by atoms with E-state index in [2.05, 4.69) is 0 Å². The molecule has 0 bridgehead atoms. The van der Waals surface area contributed by atoms with Gasteiger partial charge in [-0.15, -0.1) is 0 Å². The monoisotopic (exact) mass is 314 g/mol. The maximum absolute atomic E-state index is 11.1. The normalized spacial score (nSPS) is 22.2. The quantitative estimate of drug-likeness (QED) is 0.681. The molecule has 7 heteroatoms. The van der Waals surface area contributed by atoms with Crippen molar-refractivity contribution in [3.63, 3.8) is 0 Å². The van der Waals surface area contributed by atoms with Crippen molar-refractivity contribution < 1.29 is 14.8 Å². The molecule has 1 N–H and O–H groups in total. The summed E-state index contributed by atoms with van der Waals surface area (Å²) < 4.78 is 5.74. The minimum Gasteiger partial charge on any atom is -0.394 e. The first-order valence-corrected chi connectivity index (χ1v) is 7.12. The number of ether oxygens (including phenoxy) is 1. The molecule has 21 heavy (non-hydrogen) atoms. The van der Waals surface area contributed by atoms with Crippen molar-refractivity contribution in [1.82, 2.24) is 4.90 Å². The van der Waals surface area contributed by atoms with Crippen LogP contribution in [0.3, 0.4) is 0 Å². The van der Waals surface area contributed by atoms with Crippen LogP contribution in [0.1, 0.15) is 19.4 Å². The van der Waals surface area contributed by atoms with Gasteiger partial charge in [-0.1, -0.05) is 11.6 Å². The summed E-state index contributed by atoms with van der Waals surface area (Å²) in [5, 5.41) is 20.9. The first-order valence-electron chi connectivity index (χ1n) is 6.74. The Kier molecular flexibility index (Phi) is 4.83. The molecule has 1 saturated heterocycles. The zero-order valence-corrected chi connectivity index (χ0v) is 12.8. The van der Waals surface area contributed by atoms with Gasteiger partial charge in [-0.05, 0) is 26.0 Å². The zero-order valence-electron chi connectivity index (χ0n) is 12.1. The van der Waals surface area contributed by atoms with Crippen LogP contribution >= 0.6 is 11.6 Å². The Morgan fingerprint density at radius 3 is 2.90 bits per heavy atom. The predicted octanol–water partition coefficient (Wildman–Crippen LogP) is 2.22. The van der Waals surface area contributed by atoms with Crippen molar-refractivity contribution in [2.45, 2.75) is 32.1 Å². The van der Waals surface area contributed by atoms with Crippen LogP contribution < -0.4 is 0 Å². The van der Waals surface area contributed by atoms with Crippen LogP contribution in [0.4, 0.5) is 5.69 Å². The number of halogens is 1. The molecule has 1 aromatic carbocycles. The van der Waals surface area contributed by atoms with Crippen LogP contribution in [0.5, 0.6) is 0 Å². The standard InChI is InChI=1S/C14H19ClN2O4/c1-14(2)9-16(7-12(8-18)21-14)6-10-5-11(15)3-4-13(10)17(19)20/h3-5,12,18H,6-9H2,1-2H3. The summed E-state index contributed by atoms with van der Waals surface area (Å²) in [5.74, 6) is 0. The molecule has 1 fully saturated rings. The highest BCUT2D eigenvalue weighted by atomic mass is 35.5. The molecule has 1 aromatic rings. The van der Waals surface area contributed by atoms with E-state index in [1.54, 1.807) is 6.07 Å². The molecule has 0 spiro atoms. The molecule has 1 heterocycles. The minimum absolute atomic E-state index is 0.0595. The van der Waals surface area contributed by atoms with Gasteiger partial charge in [0.15, 0.2) is 0 Å². The molecule has 6 nitrogen and oxygen atoms in total. The third kappa shape index (κ3) is 4.14. The van der Waals surface area contributed by atoms with E-state index in [1.807, 2.05) is 18.7 Å². The van der Waals surface area contributed by atoms with Gasteiger partial charge in [-0.3, -0.25) is 15.0 Å². The predicted molar refractivity (Wildman–Crippen MR) is 79.4 cm³/mol. The topological polar surface area (TPSA) is 75.8 Å². The van der Waals surface area contributed by atoms with Crippen molar-refractivity contribution in [1.29, 1.82) is 0 Å². The van der Waals surface area contributed by atoms with Crippen molar-refractivity contribution in [3.05, 3.63) is 38.9 Å². The molecule has 1 aliphatic rings. The van der Waals surface area contributed by atoms with Crippen molar-refractivity contribution >= 4 is 17.3 Å². The number of nitrogens with zero attached hydrogens (tertiary/aromatic N) is 2. The molecule has 1 unspecified atom stereocenters. The molecule has 0 saturated carbocycles. The van der Waals surface area contributed by atoms with Crippen LogP contribution in [-0.4, -0.2) is 46.3 Å². The van der Waals surface area contributed by atoms with Gasteiger partial charge in [0.2, 0.25) is 0 Å². The van der Waals surface area contributed by atoms with E-state index < -0.39 is 10.5 Å². The number of nitro benzene ring substituents is 1. The van der Waals surface area contributed by atoms with Crippen molar-refractivity contribution in [2.24, 2.45) is 0 Å². The number of rotatable bonds is 4. The molecule has 0 radical (unpaired) electrons. The molecule has 1 atom stereocenters. The molecular formula is C14H19ClN2O4. The zero-order chi connectivity index (χ0) is 15.6. The van der Waals surface area contributed by atoms with E-state index in [1.165, 1.54) is 12.1 Å². The van der Waals surface area contributed by atoms with Gasteiger partial charge in [0.05, 0.1) is 23.2 Å². The molecule has 116 valence electrons. The molecular weight excluding hydrogens is 296 g/mol. The minimum atomic E-state index is -0.404. The fraction of sp³-hybridized carbons (Fsp3) is 0.571. The Morgan fingerprint density at radius 2 is 2.29 bits per heavy atom. The van der Waals surface area contributed by atoms with Gasteiger partial charge < -0.3 is 9.84 Å². The lowest BCUT2D eigenvalue weighted by Gasteiger charge is -2.42. The van der Waals surface area contributed by atoms with Crippen LogP contribution in [0.2, 0.25) is 5.02 Å². The smallest absolute Gasteiger partial charge is 0.273 e. The highest BCUT2D eigenvalue weighted by Gasteiger charge is 2.33. The van der Waals surface area contributed by atoms with Gasteiger partial charge in [-0.25, -0.2) is 0 Å². The van der Waals surface area contributed by atoms with E-state index in [9.17, 15) is 15.2 Å². The largest absolute Gasteiger partial charge is 0.394 e. The second kappa shape index (κ2) is 6.27. The summed E-state index contributed by atoms with van der Waals surface area (Å²) >= 11 is 5.95. The average Bonchev–Trinajstić information content (AvgIpc) is 2.36. The molecule has 2 rings (SSSR count). The highest BCUT2D eigenvalue weighted by Crippen LogP contribution is 2.27. The number of hydrogen-bond donors (Lipinski definition) is 1. The Hall–Kier alpha value is -1.21. The third-order valence-electron chi connectivity index (χ3n) is 3.39. The van der Waals surface area contributed by atoms with Crippen LogP contribution in [0.15, 0.2) is 18.2 Å². The third-order valence-corrected chi connectivity index (χ3v) is 3.62. The SMILES string of the molecule is CC1(C)CN(Cc2cc(Cl)ccc2[N+](=O)[O-])CC(CO)O1. The van der Waals surface area contributed by atoms with E-state index in [0.717, 1.165) is 0 Å². The lowest BCUT2D eigenvalue weighted by molar-refractivity contribution is -0.385. The summed E-state index contributed by atoms with van der Waals surface area (Å²) in [6, 6.07) is 4.56. The number of aliphatic hydroxyl groups excluding tert-OH is 1. The summed E-state index contributed by atoms with van der Waals surface area (Å²) in [5.41, 5.74) is 0.227. The van der Waals surface area contributed by atoms with E-state index >= 15 is 0 Å². The van der Waals surface area contributed by atoms with Crippen molar-refractivity contribution in [3.8, 4) is 0 Å². The van der Waals surface area contributed by atoms with E-state index in [4.69, 9.17) is 16.3 Å². The Bertz CT molecular complexity index is 536. The lowest BCUT2D eigenvalue weighted by Crippen LogP contribution is -2.53. The van der Waals surface area contributed by atoms with Crippen LogP contribution in [0, 0.1) is 10.1 Å². The fourth-order valence-corrected chi connectivity index (χ4v) is 2.93. The molecule has 1 aliphatic heterocycles. The van der Waals surface area contributed by atoms with Gasteiger partial charge >= 0.3 is 0 Å². The Labute approximate surface area is 128 Å². The number of morpholine rings is 1. The van der Waals surface area contributed by atoms with Gasteiger partial charge in [0, 0.05) is 36.3 Å². The van der Waals surface area contributed by atoms with Gasteiger partial charge in [-0.2, -0.15) is 0 Å². The molecule has 0 aliphatic carbocycles. The summed E-state index contributed by atoms with van der Waals surface area (Å²) in [6.45, 7) is 5.37. The van der Waals surface area contributed by atoms with Crippen LogP contribution in [0.25, 0.3) is 0 Å². The van der Waals surface area contributed by atoms with Crippen LogP contribution in [-0.2, 0) is 11.3 Å². The van der Waals surface area contributed by atoms with Gasteiger partial charge in [0.25, 0.3) is 5.69 Å². The Morgan fingerprint density at radius 1 is 1.57 bits per heavy atom. The second-order valence-electron chi connectivity index (χ2n) is 5.88. The summed E-state index contributed by atoms with van der Waals surface area (Å²) in [7, 11) is 0. The maximum Gasteiger partial charge on any atom is 0.273 e. The maximum atomic E-state index is 11.1. The van der Waals surface area contributed by atoms with Gasteiger partial charge in [0.1, 0.15) is 0 Å². The number of hydrogen-bond acceptors (Lipinski definition) is 5. The highest BCUT2D eigenvalue weighted by molar-refractivity contribution is 6.30. The summed E-state index contributed by atoms with van der Waals surface area (Å²) in [6.07, 6.45) is -0.285. The van der Waals surface area contributed by atoms with Crippen molar-refractivity contribution in [2.75, 3.05) is 19.7 Å². The number of nitro groups is 1.